The third-order valence-electron chi connectivity index (χ3n) is 15.3. The third-order valence-corrected chi connectivity index (χ3v) is 15.3. The smallest absolute Gasteiger partial charge is 0.314 e. The Balaban J connectivity index is 1.35. The molecule has 0 aromatic rings. The Labute approximate surface area is 267 Å². The normalized spacial score (nSPS) is 54.0. The van der Waals surface area contributed by atoms with E-state index in [9.17, 15) is 35.1 Å². The van der Waals surface area contributed by atoms with Crippen LogP contribution in [0.1, 0.15) is 106 Å². The first-order valence-electron chi connectivity index (χ1n) is 17.4. The number of aliphatic hydroxyl groups is 3. The molecule has 0 amide bonds. The largest absolute Gasteiger partial charge is 0.481 e. The van der Waals surface area contributed by atoms with Gasteiger partial charge in [-0.3, -0.25) is 9.59 Å². The number of allylic oxidation sites excluding steroid dienone is 1. The molecule has 254 valence electrons. The van der Waals surface area contributed by atoms with Gasteiger partial charge in [-0.25, -0.2) is 0 Å². The van der Waals surface area contributed by atoms with Gasteiger partial charge in [-0.2, -0.15) is 0 Å². The SMILES string of the molecule is C[C@H]1[C@H](C)CC[C@]2(C(=O)O)CC[C@]3(C(=O)O)C(=CC[C@H]4[C@@]5(C)CC[C@H](O[C@@H]6O[C@@H](C)[C@H](O)[C@@H](O)[C@H]6O)C(C)(C)[C@H]5CC[C@]43C)[C@H]12. The van der Waals surface area contributed by atoms with E-state index in [1.165, 1.54) is 0 Å². The molecule has 0 aromatic heterocycles. The molecule has 0 aromatic carbocycles. The highest BCUT2D eigenvalue weighted by atomic mass is 16.7. The molecule has 4 saturated carbocycles. The molecule has 0 bridgehead atoms. The molecule has 9 heteroatoms. The summed E-state index contributed by atoms with van der Waals surface area (Å²) in [6.45, 7) is 15.0. The summed E-state index contributed by atoms with van der Waals surface area (Å²) in [5.41, 5.74) is -2.13. The van der Waals surface area contributed by atoms with Crippen LogP contribution in [0.5, 0.6) is 0 Å². The average Bonchev–Trinajstić information content (AvgIpc) is 2.97. The lowest BCUT2D eigenvalue weighted by Crippen LogP contribution is -2.68. The summed E-state index contributed by atoms with van der Waals surface area (Å²) in [7, 11) is 0. The van der Waals surface area contributed by atoms with Gasteiger partial charge in [-0.1, -0.05) is 53.2 Å². The molecule has 1 heterocycles. The minimum Gasteiger partial charge on any atom is -0.481 e. The fourth-order valence-corrected chi connectivity index (χ4v) is 12.5. The van der Waals surface area contributed by atoms with Crippen molar-refractivity contribution in [3.63, 3.8) is 0 Å². The van der Waals surface area contributed by atoms with E-state index in [4.69, 9.17) is 9.47 Å². The predicted molar refractivity (Wildman–Crippen MR) is 166 cm³/mol. The molecule has 0 spiro atoms. The van der Waals surface area contributed by atoms with E-state index in [1.54, 1.807) is 6.92 Å². The number of carbonyl (C=O) groups is 2. The van der Waals surface area contributed by atoms with Crippen LogP contribution in [0.2, 0.25) is 0 Å². The van der Waals surface area contributed by atoms with Crippen LogP contribution in [-0.2, 0) is 19.1 Å². The molecular formula is C36H56O9. The highest BCUT2D eigenvalue weighted by molar-refractivity contribution is 5.84. The Hall–Kier alpha value is -1.52. The second kappa shape index (κ2) is 10.7. The minimum atomic E-state index is -1.36. The number of aliphatic hydroxyl groups excluding tert-OH is 3. The second-order valence-corrected chi connectivity index (χ2v) is 17.2. The maximum absolute atomic E-state index is 13.8. The number of hydrogen-bond donors (Lipinski definition) is 5. The quantitative estimate of drug-likeness (QED) is 0.213. The standard InChI is InChI=1S/C36H56O9/c1-18-10-15-35(30(40)41)16-17-36(31(42)43)21(25(35)19(18)2)8-9-23-33(6)13-12-24(32(4,5)22(33)11-14-34(23,36)7)45-29-28(39)27(38)26(37)20(3)44-29/h8,18-20,22-29,37-39H,9-17H2,1-7H3,(H,40,41)(H,42,43)/t18-,19+,20+,22-,23+,24+,25+,26+,27-,28-,29+,33+,34-,35+,36-/m1/s1. The lowest BCUT2D eigenvalue weighted by molar-refractivity contribution is -0.324. The van der Waals surface area contributed by atoms with Gasteiger partial charge in [0, 0.05) is 0 Å². The first kappa shape index (κ1) is 33.4. The summed E-state index contributed by atoms with van der Waals surface area (Å²) in [6, 6.07) is 0. The van der Waals surface area contributed by atoms with Crippen molar-refractivity contribution < 1.29 is 44.6 Å². The van der Waals surface area contributed by atoms with Gasteiger partial charge < -0.3 is 35.0 Å². The summed E-state index contributed by atoms with van der Waals surface area (Å²) in [5, 5.41) is 53.2. The number of aliphatic carboxylic acids is 2. The van der Waals surface area contributed by atoms with Crippen LogP contribution in [0.15, 0.2) is 11.6 Å². The summed E-state index contributed by atoms with van der Waals surface area (Å²) in [6.07, 6.45) is 2.36. The van der Waals surface area contributed by atoms with Crippen molar-refractivity contribution in [3.8, 4) is 0 Å². The van der Waals surface area contributed by atoms with Crippen molar-refractivity contribution in [1.82, 2.24) is 0 Å². The van der Waals surface area contributed by atoms with E-state index < -0.39 is 58.9 Å². The molecule has 15 atom stereocenters. The van der Waals surface area contributed by atoms with Crippen molar-refractivity contribution in [2.24, 2.45) is 56.7 Å². The summed E-state index contributed by atoms with van der Waals surface area (Å²) in [4.78, 5) is 26.8. The van der Waals surface area contributed by atoms with Gasteiger partial charge in [-0.15, -0.1) is 0 Å². The Morgan fingerprint density at radius 2 is 1.51 bits per heavy atom. The number of rotatable bonds is 4. The van der Waals surface area contributed by atoms with Crippen LogP contribution in [-0.4, -0.2) is 74.3 Å². The summed E-state index contributed by atoms with van der Waals surface area (Å²) >= 11 is 0. The van der Waals surface area contributed by atoms with Crippen molar-refractivity contribution in [3.05, 3.63) is 11.6 Å². The lowest BCUT2D eigenvalue weighted by atomic mass is 9.33. The van der Waals surface area contributed by atoms with E-state index in [1.807, 2.05) is 0 Å². The van der Waals surface area contributed by atoms with Gasteiger partial charge in [-0.05, 0) is 111 Å². The van der Waals surface area contributed by atoms with Crippen LogP contribution >= 0.6 is 0 Å². The number of hydrogen-bond acceptors (Lipinski definition) is 7. The van der Waals surface area contributed by atoms with E-state index in [-0.39, 0.29) is 40.6 Å². The van der Waals surface area contributed by atoms with Crippen LogP contribution < -0.4 is 0 Å². The Morgan fingerprint density at radius 1 is 0.822 bits per heavy atom. The van der Waals surface area contributed by atoms with E-state index in [0.717, 1.165) is 37.7 Å². The zero-order valence-corrected chi connectivity index (χ0v) is 28.2. The first-order valence-corrected chi connectivity index (χ1v) is 17.4. The van der Waals surface area contributed by atoms with Gasteiger partial charge in [0.2, 0.25) is 0 Å². The maximum Gasteiger partial charge on any atom is 0.314 e. The van der Waals surface area contributed by atoms with E-state index in [0.29, 0.717) is 31.6 Å². The van der Waals surface area contributed by atoms with Gasteiger partial charge in [0.1, 0.15) is 18.3 Å². The van der Waals surface area contributed by atoms with Gasteiger partial charge in [0.05, 0.1) is 23.0 Å². The molecular weight excluding hydrogens is 576 g/mol. The van der Waals surface area contributed by atoms with Crippen LogP contribution in [0.4, 0.5) is 0 Å². The monoisotopic (exact) mass is 632 g/mol. The molecule has 1 aliphatic heterocycles. The minimum absolute atomic E-state index is 0.0958. The Kier molecular flexibility index (Phi) is 7.97. The van der Waals surface area contributed by atoms with Gasteiger partial charge >= 0.3 is 11.9 Å². The maximum atomic E-state index is 13.8. The van der Waals surface area contributed by atoms with Crippen molar-refractivity contribution >= 4 is 11.9 Å². The molecule has 1 saturated heterocycles. The summed E-state index contributed by atoms with van der Waals surface area (Å²) < 4.78 is 12.3. The van der Waals surface area contributed by atoms with E-state index in [2.05, 4.69) is 47.6 Å². The first-order chi connectivity index (χ1) is 20.9. The molecule has 5 fully saturated rings. The zero-order chi connectivity index (χ0) is 33.1. The number of carboxylic acid groups (broad SMARTS) is 2. The summed E-state index contributed by atoms with van der Waals surface area (Å²) in [5.74, 6) is -1.08. The number of carboxylic acids is 2. The van der Waals surface area contributed by atoms with Crippen LogP contribution in [0.3, 0.4) is 0 Å². The molecule has 6 aliphatic rings. The number of fused-ring (bicyclic) bond motifs is 7. The van der Waals surface area contributed by atoms with Crippen LogP contribution in [0.25, 0.3) is 0 Å². The highest BCUT2D eigenvalue weighted by Crippen LogP contribution is 2.76. The topological polar surface area (TPSA) is 154 Å². The van der Waals surface area contributed by atoms with Crippen molar-refractivity contribution in [2.75, 3.05) is 0 Å². The molecule has 5 N–H and O–H groups in total. The fraction of sp³-hybridized carbons (Fsp3) is 0.889. The average molecular weight is 633 g/mol. The predicted octanol–water partition coefficient (Wildman–Crippen LogP) is 5.01. The molecule has 0 radical (unpaired) electrons. The van der Waals surface area contributed by atoms with E-state index >= 15 is 0 Å². The second-order valence-electron chi connectivity index (χ2n) is 17.2. The lowest BCUT2D eigenvalue weighted by Gasteiger charge is -2.70. The Morgan fingerprint density at radius 3 is 2.16 bits per heavy atom. The van der Waals surface area contributed by atoms with Gasteiger partial charge in [0.15, 0.2) is 6.29 Å². The Bertz CT molecular complexity index is 1250. The van der Waals surface area contributed by atoms with Crippen molar-refractivity contribution in [1.29, 1.82) is 0 Å². The number of ether oxygens (including phenoxy) is 2. The molecule has 6 rings (SSSR count). The third kappa shape index (κ3) is 4.28. The zero-order valence-electron chi connectivity index (χ0n) is 28.2. The molecule has 9 nitrogen and oxygen atoms in total. The van der Waals surface area contributed by atoms with Crippen LogP contribution in [0, 0.1) is 56.7 Å². The highest BCUT2D eigenvalue weighted by Gasteiger charge is 2.73. The van der Waals surface area contributed by atoms with Crippen molar-refractivity contribution in [2.45, 2.75) is 143 Å². The molecule has 5 aliphatic carbocycles. The molecule has 45 heavy (non-hydrogen) atoms. The molecule has 0 unspecified atom stereocenters. The fourth-order valence-electron chi connectivity index (χ4n) is 12.5. The van der Waals surface area contributed by atoms with Gasteiger partial charge in [0.25, 0.3) is 0 Å².